The van der Waals surface area contributed by atoms with Gasteiger partial charge in [0.25, 0.3) is 0 Å². The van der Waals surface area contributed by atoms with Crippen molar-refractivity contribution in [2.75, 3.05) is 26.2 Å². The fourth-order valence-electron chi connectivity index (χ4n) is 3.51. The Morgan fingerprint density at radius 1 is 0.455 bits per heavy atom. The molecule has 0 aromatic heterocycles. The maximum absolute atomic E-state index is 5.11. The monoisotopic (exact) mass is 583 g/mol. The average Bonchev–Trinajstić information content (AvgIpc) is 2.77. The molecule has 0 fully saturated rings. The van der Waals surface area contributed by atoms with Gasteiger partial charge < -0.3 is 59.5 Å². The fraction of sp³-hybridized carbons (Fsp3) is 0.923. The molecule has 0 atom stereocenters. The van der Waals surface area contributed by atoms with Crippen LogP contribution in [-0.4, -0.2) is 44.6 Å². The summed E-state index contributed by atoms with van der Waals surface area (Å²) in [5.41, 5.74) is 0. The molecule has 0 aromatic carbocycles. The second-order valence-corrected chi connectivity index (χ2v) is 10.8. The van der Waals surface area contributed by atoms with Crippen molar-refractivity contribution in [1.82, 2.24) is 9.80 Å². The molecule has 0 aliphatic carbocycles. The van der Waals surface area contributed by atoms with Crippen molar-refractivity contribution in [2.45, 2.75) is 130 Å². The van der Waals surface area contributed by atoms with Gasteiger partial charge in [-0.05, 0) is 25.7 Å². The van der Waals surface area contributed by atoms with Crippen LogP contribution in [0.25, 0.3) is 0 Å². The van der Waals surface area contributed by atoms with E-state index in [-0.39, 0.29) is 17.1 Å². The van der Waals surface area contributed by atoms with Gasteiger partial charge in [-0.1, -0.05) is 113 Å². The Hall–Kier alpha value is 0.739. The van der Waals surface area contributed by atoms with Gasteiger partial charge >= 0.3 is 17.1 Å². The van der Waals surface area contributed by atoms with E-state index < -0.39 is 0 Å². The first-order valence-corrected chi connectivity index (χ1v) is 15.0. The Morgan fingerprint density at radius 2 is 0.667 bits per heavy atom. The summed E-state index contributed by atoms with van der Waals surface area (Å²) in [5, 5.41) is 0. The van der Waals surface area contributed by atoms with Gasteiger partial charge in [0, 0.05) is 26.2 Å². The van der Waals surface area contributed by atoms with E-state index in [0.29, 0.717) is 8.64 Å². The minimum absolute atomic E-state index is 0. The van der Waals surface area contributed by atoms with E-state index in [4.69, 9.17) is 49.7 Å². The maximum atomic E-state index is 5.11. The largest absolute Gasteiger partial charge is 2.00 e. The third kappa shape index (κ3) is 28.9. The van der Waals surface area contributed by atoms with Crippen LogP contribution >= 0.6 is 24.4 Å². The van der Waals surface area contributed by atoms with Crippen molar-refractivity contribution < 1.29 is 17.1 Å². The van der Waals surface area contributed by atoms with Crippen LogP contribution in [0.4, 0.5) is 0 Å². The molecule has 0 aromatic rings. The second kappa shape index (κ2) is 30.8. The van der Waals surface area contributed by atoms with Gasteiger partial charge in [0.2, 0.25) is 0 Å². The predicted octanol–water partition coefficient (Wildman–Crippen LogP) is 8.56. The van der Waals surface area contributed by atoms with Crippen molar-refractivity contribution in [3.8, 4) is 0 Å². The summed E-state index contributed by atoms with van der Waals surface area (Å²) in [4.78, 5) is 4.41. The maximum Gasteiger partial charge on any atom is 2.00 e. The van der Waals surface area contributed by atoms with Gasteiger partial charge in [0.05, 0.1) is 0 Å². The first-order chi connectivity index (χ1) is 15.4. The van der Waals surface area contributed by atoms with Gasteiger partial charge in [0.15, 0.2) is 0 Å². The summed E-state index contributed by atoms with van der Waals surface area (Å²) >= 11 is 20.5. The van der Waals surface area contributed by atoms with Crippen LogP contribution in [0.15, 0.2) is 0 Å². The zero-order chi connectivity index (χ0) is 24.5. The summed E-state index contributed by atoms with van der Waals surface area (Å²) < 4.78 is 1.32. The first-order valence-electron chi connectivity index (χ1n) is 13.4. The van der Waals surface area contributed by atoms with Gasteiger partial charge in [-0.3, -0.25) is 0 Å². The minimum Gasteiger partial charge on any atom is -0.411 e. The third-order valence-corrected chi connectivity index (χ3v) is 6.68. The number of thiocarbonyl (C=S) groups is 2. The zero-order valence-electron chi connectivity index (χ0n) is 22.0. The minimum atomic E-state index is 0. The second-order valence-electron chi connectivity index (χ2n) is 8.75. The number of hydrogen-bond donors (Lipinski definition) is 0. The molecule has 1 radical (unpaired) electrons. The molecule has 0 aliphatic heterocycles. The van der Waals surface area contributed by atoms with Crippen molar-refractivity contribution in [3.05, 3.63) is 0 Å². The van der Waals surface area contributed by atoms with E-state index in [0.717, 1.165) is 26.2 Å². The van der Waals surface area contributed by atoms with Crippen LogP contribution in [0.3, 0.4) is 0 Å². The Labute approximate surface area is 240 Å². The Balaban J connectivity index is -0.000000529. The number of hydrogen-bond acceptors (Lipinski definition) is 4. The number of unbranched alkanes of at least 4 members (excludes halogenated alkanes) is 12. The molecule has 0 amide bonds. The Morgan fingerprint density at radius 3 is 0.818 bits per heavy atom. The van der Waals surface area contributed by atoms with E-state index in [1.54, 1.807) is 0 Å². The van der Waals surface area contributed by atoms with Gasteiger partial charge in [0.1, 0.15) is 0 Å². The normalized spacial score (nSPS) is 10.1. The van der Waals surface area contributed by atoms with Gasteiger partial charge in [-0.15, -0.1) is 0 Å². The standard InChI is InChI=1S/2C13H27NS2.Cu/c2*1-3-5-7-9-11-14(13(15)16)12-10-8-6-4-2;/h2*3-12H2,1-2H3,(H,15,16);/q;;+2/p-2. The molecule has 0 unspecified atom stereocenters. The predicted molar refractivity (Wildman–Crippen MR) is 160 cm³/mol. The van der Waals surface area contributed by atoms with Crippen LogP contribution in [-0.2, 0) is 42.3 Å². The van der Waals surface area contributed by atoms with E-state index in [9.17, 15) is 0 Å². The van der Waals surface area contributed by atoms with Crippen LogP contribution in [0.5, 0.6) is 0 Å². The molecule has 2 nitrogen and oxygen atoms in total. The molecule has 0 N–H and O–H groups in total. The molecular weight excluding hydrogens is 532 g/mol. The smallest absolute Gasteiger partial charge is 0.411 e. The quantitative estimate of drug-likeness (QED) is 0.0608. The van der Waals surface area contributed by atoms with E-state index in [1.165, 1.54) is 103 Å². The molecule has 201 valence electrons. The summed E-state index contributed by atoms with van der Waals surface area (Å²) in [6.45, 7) is 13.2. The molecule has 0 spiro atoms. The van der Waals surface area contributed by atoms with Crippen LogP contribution in [0.2, 0.25) is 0 Å². The molecule has 0 rings (SSSR count). The van der Waals surface area contributed by atoms with Crippen molar-refractivity contribution >= 4 is 58.3 Å². The molecule has 0 saturated carbocycles. The van der Waals surface area contributed by atoms with E-state index in [1.807, 2.05) is 0 Å². The fourth-order valence-corrected chi connectivity index (χ4v) is 4.24. The molecule has 0 heterocycles. The van der Waals surface area contributed by atoms with Crippen molar-refractivity contribution in [1.29, 1.82) is 0 Å². The van der Waals surface area contributed by atoms with E-state index >= 15 is 0 Å². The van der Waals surface area contributed by atoms with E-state index in [2.05, 4.69) is 37.5 Å². The number of nitrogens with zero attached hydrogens (tertiary/aromatic N) is 2. The summed E-state index contributed by atoms with van der Waals surface area (Å²) in [7, 11) is 0. The third-order valence-electron chi connectivity index (χ3n) is 5.64. The summed E-state index contributed by atoms with van der Waals surface area (Å²) in [6.07, 6.45) is 20.6. The topological polar surface area (TPSA) is 6.48 Å². The van der Waals surface area contributed by atoms with Gasteiger partial charge in [-0.25, -0.2) is 0 Å². The van der Waals surface area contributed by atoms with Crippen LogP contribution in [0.1, 0.15) is 130 Å². The molecule has 7 heteroatoms. The summed E-state index contributed by atoms with van der Waals surface area (Å²) in [5.74, 6) is 0. The SMILES string of the molecule is CCCCCCN(CCCCCC)C(=S)[S-].CCCCCCN(CCCCCC)C(=S)[S-].[Cu+2]. The molecule has 0 saturated heterocycles. The Kier molecular flexibility index (Phi) is 35.7. The molecule has 33 heavy (non-hydrogen) atoms. The number of rotatable bonds is 20. The Bertz CT molecular complexity index is 363. The van der Waals surface area contributed by atoms with Crippen molar-refractivity contribution in [2.24, 2.45) is 0 Å². The molecule has 0 aliphatic rings. The molecular formula is C26H52CuN2S4. The summed E-state index contributed by atoms with van der Waals surface area (Å²) in [6, 6.07) is 0. The zero-order valence-corrected chi connectivity index (χ0v) is 26.2. The average molecular weight is 585 g/mol. The van der Waals surface area contributed by atoms with Crippen LogP contribution < -0.4 is 0 Å². The first kappa shape index (κ1) is 38.3. The van der Waals surface area contributed by atoms with Crippen LogP contribution in [0, 0.1) is 0 Å². The van der Waals surface area contributed by atoms with Gasteiger partial charge in [-0.2, -0.15) is 0 Å². The molecule has 0 bridgehead atoms. The van der Waals surface area contributed by atoms with Crippen molar-refractivity contribution in [3.63, 3.8) is 0 Å².